The van der Waals surface area contributed by atoms with Crippen molar-refractivity contribution in [2.45, 2.75) is 20.8 Å². The quantitative estimate of drug-likeness (QED) is 0.499. The van der Waals surface area contributed by atoms with E-state index in [1.165, 1.54) is 5.56 Å². The van der Waals surface area contributed by atoms with Crippen molar-refractivity contribution >= 4 is 17.7 Å². The molecule has 1 amide bonds. The molecule has 0 saturated carbocycles. The highest BCUT2D eigenvalue weighted by atomic mass is 16.5. The minimum Gasteiger partial charge on any atom is -0.497 e. The van der Waals surface area contributed by atoms with E-state index in [0.29, 0.717) is 11.4 Å². The number of anilines is 1. The van der Waals surface area contributed by atoms with Crippen molar-refractivity contribution in [2.24, 2.45) is 0 Å². The average molecular weight is 385 g/mol. The number of benzene rings is 2. The molecule has 1 N–H and O–H groups in total. The van der Waals surface area contributed by atoms with Crippen LogP contribution in [-0.2, 0) is 4.79 Å². The van der Waals surface area contributed by atoms with Crippen LogP contribution in [0.2, 0.25) is 0 Å². The monoisotopic (exact) mass is 385 g/mol. The molecule has 1 heterocycles. The number of aryl methyl sites for hydroxylation is 2. The Bertz CT molecular complexity index is 1100. The highest BCUT2D eigenvalue weighted by Crippen LogP contribution is 2.23. The Kier molecular flexibility index (Phi) is 5.85. The first-order valence-electron chi connectivity index (χ1n) is 9.26. The summed E-state index contributed by atoms with van der Waals surface area (Å²) in [5.41, 5.74) is 5.73. The zero-order chi connectivity index (χ0) is 21.0. The van der Waals surface area contributed by atoms with Gasteiger partial charge >= 0.3 is 0 Å². The lowest BCUT2D eigenvalue weighted by molar-refractivity contribution is -0.112. The first-order chi connectivity index (χ1) is 13.9. The molecular weight excluding hydrogens is 362 g/mol. The molecule has 29 heavy (non-hydrogen) atoms. The molecule has 0 atom stereocenters. The Morgan fingerprint density at radius 1 is 1.07 bits per heavy atom. The predicted molar refractivity (Wildman–Crippen MR) is 115 cm³/mol. The second kappa shape index (κ2) is 8.49. The summed E-state index contributed by atoms with van der Waals surface area (Å²) in [5, 5.41) is 12.3. The second-order valence-electron chi connectivity index (χ2n) is 6.85. The lowest BCUT2D eigenvalue weighted by Gasteiger charge is -2.10. The lowest BCUT2D eigenvalue weighted by atomic mass is 10.1. The van der Waals surface area contributed by atoms with Gasteiger partial charge < -0.3 is 14.6 Å². The largest absolute Gasteiger partial charge is 0.497 e. The van der Waals surface area contributed by atoms with Gasteiger partial charge in [0.15, 0.2) is 0 Å². The van der Waals surface area contributed by atoms with Crippen LogP contribution in [0, 0.1) is 32.1 Å². The molecule has 1 aromatic heterocycles. The molecule has 0 spiro atoms. The molecule has 0 fully saturated rings. The molecule has 3 aromatic rings. The standard InChI is InChI=1S/C24H23N3O2/c1-16-5-9-22(10-6-16)27-17(2)13-19(18(27)3)14-20(15-25)24(28)26-21-7-11-23(29-4)12-8-21/h5-14H,1-4H3,(H,26,28)/b20-14-. The van der Waals surface area contributed by atoms with Crippen molar-refractivity contribution in [3.63, 3.8) is 0 Å². The van der Waals surface area contributed by atoms with Gasteiger partial charge in [0.25, 0.3) is 5.91 Å². The van der Waals surface area contributed by atoms with Crippen molar-refractivity contribution in [2.75, 3.05) is 12.4 Å². The number of nitriles is 1. The van der Waals surface area contributed by atoms with Gasteiger partial charge in [-0.3, -0.25) is 4.79 Å². The molecule has 0 aliphatic carbocycles. The zero-order valence-electron chi connectivity index (χ0n) is 17.0. The van der Waals surface area contributed by atoms with Crippen molar-refractivity contribution in [3.8, 4) is 17.5 Å². The zero-order valence-corrected chi connectivity index (χ0v) is 17.0. The van der Waals surface area contributed by atoms with Gasteiger partial charge in [0.05, 0.1) is 7.11 Å². The predicted octanol–water partition coefficient (Wildman–Crippen LogP) is 4.96. The van der Waals surface area contributed by atoms with Gasteiger partial charge in [-0.2, -0.15) is 5.26 Å². The lowest BCUT2D eigenvalue weighted by Crippen LogP contribution is -2.13. The summed E-state index contributed by atoms with van der Waals surface area (Å²) in [6.45, 7) is 6.04. The summed E-state index contributed by atoms with van der Waals surface area (Å²) in [6, 6.07) is 19.2. The van der Waals surface area contributed by atoms with Crippen LogP contribution in [-0.4, -0.2) is 17.6 Å². The normalized spacial score (nSPS) is 11.1. The van der Waals surface area contributed by atoms with E-state index in [2.05, 4.69) is 34.1 Å². The second-order valence-corrected chi connectivity index (χ2v) is 6.85. The van der Waals surface area contributed by atoms with Crippen molar-refractivity contribution < 1.29 is 9.53 Å². The van der Waals surface area contributed by atoms with E-state index < -0.39 is 5.91 Å². The number of methoxy groups -OCH3 is 1. The van der Waals surface area contributed by atoms with Crippen molar-refractivity contribution in [1.29, 1.82) is 5.26 Å². The number of hydrogen-bond acceptors (Lipinski definition) is 3. The van der Waals surface area contributed by atoms with E-state index in [9.17, 15) is 10.1 Å². The van der Waals surface area contributed by atoms with E-state index in [1.54, 1.807) is 37.5 Å². The Morgan fingerprint density at radius 3 is 2.31 bits per heavy atom. The molecule has 0 bridgehead atoms. The van der Waals surface area contributed by atoms with Gasteiger partial charge in [-0.15, -0.1) is 0 Å². The van der Waals surface area contributed by atoms with Crippen molar-refractivity contribution in [3.05, 3.63) is 82.7 Å². The topological polar surface area (TPSA) is 67.0 Å². The van der Waals surface area contributed by atoms with Crippen LogP contribution in [0.5, 0.6) is 5.75 Å². The first kappa shape index (κ1) is 20.0. The maximum absolute atomic E-state index is 12.6. The van der Waals surface area contributed by atoms with Crippen LogP contribution >= 0.6 is 0 Å². The van der Waals surface area contributed by atoms with Crippen LogP contribution in [0.3, 0.4) is 0 Å². The van der Waals surface area contributed by atoms with Crippen LogP contribution in [0.4, 0.5) is 5.69 Å². The van der Waals surface area contributed by atoms with Crippen molar-refractivity contribution in [1.82, 2.24) is 4.57 Å². The number of nitrogens with zero attached hydrogens (tertiary/aromatic N) is 2. The minimum absolute atomic E-state index is 0.0463. The fourth-order valence-electron chi connectivity index (χ4n) is 3.20. The summed E-state index contributed by atoms with van der Waals surface area (Å²) in [4.78, 5) is 12.6. The van der Waals surface area contributed by atoms with Gasteiger partial charge in [0, 0.05) is 22.8 Å². The number of nitrogens with one attached hydrogen (secondary N) is 1. The van der Waals surface area contributed by atoms with E-state index >= 15 is 0 Å². The molecule has 0 aliphatic heterocycles. The molecule has 0 aliphatic rings. The highest BCUT2D eigenvalue weighted by Gasteiger charge is 2.14. The molecular formula is C24H23N3O2. The minimum atomic E-state index is -0.446. The summed E-state index contributed by atoms with van der Waals surface area (Å²) in [6.07, 6.45) is 1.63. The Labute approximate surface area is 170 Å². The summed E-state index contributed by atoms with van der Waals surface area (Å²) in [5.74, 6) is 0.250. The molecule has 146 valence electrons. The van der Waals surface area contributed by atoms with E-state index in [1.807, 2.05) is 32.9 Å². The van der Waals surface area contributed by atoms with E-state index in [4.69, 9.17) is 4.74 Å². The fourth-order valence-corrected chi connectivity index (χ4v) is 3.20. The van der Waals surface area contributed by atoms with Crippen LogP contribution < -0.4 is 10.1 Å². The molecule has 0 unspecified atom stereocenters. The van der Waals surface area contributed by atoms with E-state index in [-0.39, 0.29) is 5.57 Å². The van der Waals surface area contributed by atoms with Gasteiger partial charge in [-0.1, -0.05) is 17.7 Å². The van der Waals surface area contributed by atoms with Crippen LogP contribution in [0.15, 0.2) is 60.2 Å². The van der Waals surface area contributed by atoms with Gasteiger partial charge in [0.2, 0.25) is 0 Å². The smallest absolute Gasteiger partial charge is 0.266 e. The molecule has 3 rings (SSSR count). The Balaban J connectivity index is 1.88. The van der Waals surface area contributed by atoms with Crippen LogP contribution in [0.1, 0.15) is 22.5 Å². The molecule has 0 radical (unpaired) electrons. The SMILES string of the molecule is COc1ccc(NC(=O)/C(C#N)=C\c2cc(C)n(-c3ccc(C)cc3)c2C)cc1. The number of carbonyl (C=O) groups excluding carboxylic acids is 1. The third-order valence-electron chi connectivity index (χ3n) is 4.78. The average Bonchev–Trinajstić information content (AvgIpc) is 3.00. The number of aromatic nitrogens is 1. The number of carbonyl (C=O) groups is 1. The Hall–Kier alpha value is -3.78. The summed E-state index contributed by atoms with van der Waals surface area (Å²) >= 11 is 0. The van der Waals surface area contributed by atoms with Crippen LogP contribution in [0.25, 0.3) is 11.8 Å². The van der Waals surface area contributed by atoms with Gasteiger partial charge in [0.1, 0.15) is 17.4 Å². The summed E-state index contributed by atoms with van der Waals surface area (Å²) < 4.78 is 7.23. The third kappa shape index (κ3) is 4.39. The number of amides is 1. The molecule has 2 aromatic carbocycles. The molecule has 5 nitrogen and oxygen atoms in total. The Morgan fingerprint density at radius 2 is 1.72 bits per heavy atom. The first-order valence-corrected chi connectivity index (χ1v) is 9.26. The van der Waals surface area contributed by atoms with Gasteiger partial charge in [-0.05, 0) is 74.9 Å². The van der Waals surface area contributed by atoms with Gasteiger partial charge in [-0.25, -0.2) is 0 Å². The highest BCUT2D eigenvalue weighted by molar-refractivity contribution is 6.09. The number of rotatable bonds is 5. The number of ether oxygens (including phenoxy) is 1. The maximum atomic E-state index is 12.6. The molecule has 5 heteroatoms. The number of hydrogen-bond donors (Lipinski definition) is 1. The fraction of sp³-hybridized carbons (Fsp3) is 0.167. The summed E-state index contributed by atoms with van der Waals surface area (Å²) in [7, 11) is 1.58. The van der Waals surface area contributed by atoms with E-state index in [0.717, 1.165) is 22.6 Å². The third-order valence-corrected chi connectivity index (χ3v) is 4.78. The molecule has 0 saturated heterocycles. The maximum Gasteiger partial charge on any atom is 0.266 e.